The van der Waals surface area contributed by atoms with Crippen LogP contribution in [0.5, 0.6) is 0 Å². The number of hydrogen-bond donors (Lipinski definition) is 6. The molecule has 0 aliphatic heterocycles. The lowest BCUT2D eigenvalue weighted by Gasteiger charge is -2.11. The summed E-state index contributed by atoms with van der Waals surface area (Å²) in [6.45, 7) is 7.29. The lowest BCUT2D eigenvalue weighted by atomic mass is 10.2. The van der Waals surface area contributed by atoms with Gasteiger partial charge in [0, 0.05) is 26.2 Å². The van der Waals surface area contributed by atoms with Gasteiger partial charge in [0.2, 0.25) is 0 Å². The van der Waals surface area contributed by atoms with E-state index in [1.807, 2.05) is 36.4 Å². The van der Waals surface area contributed by atoms with Crippen LogP contribution in [0.4, 0.5) is 0 Å². The first-order valence-corrected chi connectivity index (χ1v) is 12.6. The van der Waals surface area contributed by atoms with Crippen LogP contribution < -0.4 is 31.9 Å². The maximum atomic E-state index is 5.31. The van der Waals surface area contributed by atoms with Crippen molar-refractivity contribution in [1.82, 2.24) is 31.9 Å². The van der Waals surface area contributed by atoms with Crippen LogP contribution in [0.1, 0.15) is 30.4 Å². The molecule has 0 atom stereocenters. The molecule has 2 rings (SSSR count). The van der Waals surface area contributed by atoms with Crippen LogP contribution in [0.3, 0.4) is 0 Å². The normalized spacial score (nSPS) is 9.83. The van der Waals surface area contributed by atoms with Crippen LogP contribution >= 0.6 is 49.2 Å². The van der Waals surface area contributed by atoms with Crippen molar-refractivity contribution in [2.24, 2.45) is 0 Å². The molecular formula is C25H40Cl2N6S2. The molecule has 0 aromatic heterocycles. The second-order valence-electron chi connectivity index (χ2n) is 7.75. The highest BCUT2D eigenvalue weighted by molar-refractivity contribution is 7.80. The Hall–Kier alpha value is -1.68. The minimum atomic E-state index is 0. The van der Waals surface area contributed by atoms with Crippen LogP contribution in [0.25, 0.3) is 0 Å². The SMILES string of the molecule is Cl.Cl.S=C(NCCCNCCCNCCCNC(=S)NCc1ccccc1)NCc1ccccc1. The monoisotopic (exact) mass is 558 g/mol. The second-order valence-corrected chi connectivity index (χ2v) is 8.57. The Morgan fingerprint density at radius 1 is 0.486 bits per heavy atom. The van der Waals surface area contributed by atoms with E-state index in [1.165, 1.54) is 11.1 Å². The summed E-state index contributed by atoms with van der Waals surface area (Å²) in [4.78, 5) is 0. The molecule has 0 amide bonds. The second kappa shape index (κ2) is 22.8. The van der Waals surface area contributed by atoms with E-state index in [0.717, 1.165) is 71.6 Å². The van der Waals surface area contributed by atoms with E-state index in [2.05, 4.69) is 56.2 Å². The third-order valence-corrected chi connectivity index (χ3v) is 5.51. The first kappa shape index (κ1) is 33.3. The minimum absolute atomic E-state index is 0. The fraction of sp³-hybridized carbons (Fsp3) is 0.440. The van der Waals surface area contributed by atoms with Gasteiger partial charge >= 0.3 is 0 Å². The van der Waals surface area contributed by atoms with Crippen LogP contribution in [-0.4, -0.2) is 49.5 Å². The van der Waals surface area contributed by atoms with Crippen LogP contribution in [-0.2, 0) is 13.1 Å². The molecule has 10 heteroatoms. The summed E-state index contributed by atoms with van der Waals surface area (Å²) >= 11 is 10.6. The van der Waals surface area contributed by atoms with Crippen molar-refractivity contribution < 1.29 is 0 Å². The highest BCUT2D eigenvalue weighted by Crippen LogP contribution is 1.97. The zero-order chi connectivity index (χ0) is 23.4. The third-order valence-electron chi connectivity index (χ3n) is 4.93. The van der Waals surface area contributed by atoms with Crippen LogP contribution in [0, 0.1) is 0 Å². The molecule has 196 valence electrons. The number of rotatable bonds is 16. The Balaban J connectivity index is 0.00000578. The largest absolute Gasteiger partial charge is 0.363 e. The molecule has 2 aromatic carbocycles. The minimum Gasteiger partial charge on any atom is -0.363 e. The zero-order valence-electron chi connectivity index (χ0n) is 20.2. The Kier molecular flexibility index (Phi) is 21.7. The van der Waals surface area contributed by atoms with Crippen molar-refractivity contribution in [1.29, 1.82) is 0 Å². The quantitative estimate of drug-likeness (QED) is 0.138. The summed E-state index contributed by atoms with van der Waals surface area (Å²) in [5.74, 6) is 0. The molecule has 2 aromatic rings. The van der Waals surface area contributed by atoms with Crippen LogP contribution in [0.2, 0.25) is 0 Å². The van der Waals surface area contributed by atoms with Gasteiger partial charge in [-0.05, 0) is 81.0 Å². The number of benzene rings is 2. The van der Waals surface area contributed by atoms with Crippen molar-refractivity contribution >= 4 is 59.5 Å². The van der Waals surface area contributed by atoms with E-state index < -0.39 is 0 Å². The number of halogens is 2. The van der Waals surface area contributed by atoms with Crippen molar-refractivity contribution in [3.05, 3.63) is 71.8 Å². The van der Waals surface area contributed by atoms with E-state index in [4.69, 9.17) is 24.4 Å². The van der Waals surface area contributed by atoms with Gasteiger partial charge in [-0.1, -0.05) is 60.7 Å². The van der Waals surface area contributed by atoms with Gasteiger partial charge in [-0.15, -0.1) is 24.8 Å². The molecule has 35 heavy (non-hydrogen) atoms. The van der Waals surface area contributed by atoms with Gasteiger partial charge in [0.05, 0.1) is 0 Å². The van der Waals surface area contributed by atoms with E-state index in [-0.39, 0.29) is 24.8 Å². The van der Waals surface area contributed by atoms with Gasteiger partial charge in [0.25, 0.3) is 0 Å². The maximum absolute atomic E-state index is 5.31. The summed E-state index contributed by atoms with van der Waals surface area (Å²) in [7, 11) is 0. The molecule has 0 saturated heterocycles. The molecule has 0 radical (unpaired) electrons. The highest BCUT2D eigenvalue weighted by atomic mass is 35.5. The lowest BCUT2D eigenvalue weighted by molar-refractivity contribution is 0.571. The first-order valence-electron chi connectivity index (χ1n) is 11.8. The van der Waals surface area contributed by atoms with E-state index in [1.54, 1.807) is 0 Å². The fourth-order valence-electron chi connectivity index (χ4n) is 3.10. The third kappa shape index (κ3) is 18.3. The van der Waals surface area contributed by atoms with Gasteiger partial charge in [0.15, 0.2) is 10.2 Å². The summed E-state index contributed by atoms with van der Waals surface area (Å²) in [5.41, 5.74) is 2.46. The first-order chi connectivity index (χ1) is 16.2. The van der Waals surface area contributed by atoms with Gasteiger partial charge in [-0.2, -0.15) is 0 Å². The fourth-order valence-corrected chi connectivity index (χ4v) is 3.45. The average molecular weight is 560 g/mol. The van der Waals surface area contributed by atoms with Crippen LogP contribution in [0.15, 0.2) is 60.7 Å². The molecule has 0 spiro atoms. The van der Waals surface area contributed by atoms with Gasteiger partial charge < -0.3 is 31.9 Å². The highest BCUT2D eigenvalue weighted by Gasteiger charge is 1.97. The summed E-state index contributed by atoms with van der Waals surface area (Å²) in [5, 5.41) is 21.4. The molecule has 0 fully saturated rings. The Labute approximate surface area is 234 Å². The standard InChI is InChI=1S/C25H38N6S2.2ClH/c32-24(30-20-22-10-3-1-4-11-22)28-18-8-16-26-14-7-15-27-17-9-19-29-25(33)31-21-23-12-5-2-6-13-23;;/h1-6,10-13,26-27H,7-9,14-21H2,(H2,28,30,32)(H2,29,31,33);2*1H. The summed E-state index contributed by atoms with van der Waals surface area (Å²) in [6, 6.07) is 20.5. The zero-order valence-corrected chi connectivity index (χ0v) is 23.5. The molecule has 0 unspecified atom stereocenters. The predicted molar refractivity (Wildman–Crippen MR) is 162 cm³/mol. The van der Waals surface area contributed by atoms with Gasteiger partial charge in [-0.25, -0.2) is 0 Å². The van der Waals surface area contributed by atoms with Crippen molar-refractivity contribution in [3.63, 3.8) is 0 Å². The predicted octanol–water partition coefficient (Wildman–Crippen LogP) is 3.51. The van der Waals surface area contributed by atoms with Gasteiger partial charge in [0.1, 0.15) is 0 Å². The number of hydrogen-bond acceptors (Lipinski definition) is 4. The Morgan fingerprint density at radius 3 is 1.20 bits per heavy atom. The smallest absolute Gasteiger partial charge is 0.166 e. The Bertz CT molecular complexity index is 719. The average Bonchev–Trinajstić information content (AvgIpc) is 2.85. The van der Waals surface area contributed by atoms with E-state index >= 15 is 0 Å². The van der Waals surface area contributed by atoms with Crippen molar-refractivity contribution in [3.8, 4) is 0 Å². The van der Waals surface area contributed by atoms with Gasteiger partial charge in [-0.3, -0.25) is 0 Å². The molecular weight excluding hydrogens is 519 g/mol. The summed E-state index contributed by atoms with van der Waals surface area (Å²) in [6.07, 6.45) is 3.21. The van der Waals surface area contributed by atoms with E-state index in [9.17, 15) is 0 Å². The van der Waals surface area contributed by atoms with E-state index in [0.29, 0.717) is 10.2 Å². The molecule has 0 bridgehead atoms. The number of nitrogens with one attached hydrogen (secondary N) is 6. The topological polar surface area (TPSA) is 72.2 Å². The Morgan fingerprint density at radius 2 is 0.829 bits per heavy atom. The molecule has 0 aliphatic carbocycles. The maximum Gasteiger partial charge on any atom is 0.166 e. The molecule has 0 saturated carbocycles. The van der Waals surface area contributed by atoms with Crippen molar-refractivity contribution in [2.75, 3.05) is 39.3 Å². The lowest BCUT2D eigenvalue weighted by Crippen LogP contribution is -2.36. The number of thiocarbonyl (C=S) groups is 2. The summed E-state index contributed by atoms with van der Waals surface area (Å²) < 4.78 is 0. The molecule has 0 aliphatic rings. The van der Waals surface area contributed by atoms with Crippen molar-refractivity contribution in [2.45, 2.75) is 32.4 Å². The molecule has 6 N–H and O–H groups in total. The molecule has 0 heterocycles. The molecule has 6 nitrogen and oxygen atoms in total.